The predicted molar refractivity (Wildman–Crippen MR) is 140 cm³/mol. The smallest absolute Gasteiger partial charge is 0.239 e. The first-order chi connectivity index (χ1) is 16.0. The Balaban J connectivity index is 1.80. The molecule has 2 N–H and O–H groups in total. The molecule has 2 atom stereocenters. The minimum Gasteiger partial charge on any atom is -0.369 e. The third-order valence-corrected chi connectivity index (χ3v) is 7.54. The van der Waals surface area contributed by atoms with E-state index in [0.29, 0.717) is 0 Å². The lowest BCUT2D eigenvalue weighted by molar-refractivity contribution is -0.130. The molecule has 3 heterocycles. The number of guanidine groups is 1. The molecule has 5 nitrogen and oxygen atoms in total. The highest BCUT2D eigenvalue weighted by Gasteiger charge is 2.48. The first-order valence-electron chi connectivity index (χ1n) is 11.2. The van der Waals surface area contributed by atoms with Crippen molar-refractivity contribution in [3.63, 3.8) is 0 Å². The highest BCUT2D eigenvalue weighted by atomic mass is 32.1. The van der Waals surface area contributed by atoms with Gasteiger partial charge in [0, 0.05) is 35.4 Å². The van der Waals surface area contributed by atoms with Gasteiger partial charge >= 0.3 is 0 Å². The molecule has 0 radical (unpaired) electrons. The van der Waals surface area contributed by atoms with Crippen LogP contribution in [0.4, 0.5) is 0 Å². The number of thiophene rings is 1. The van der Waals surface area contributed by atoms with E-state index in [1.165, 1.54) is 10.5 Å². The minimum atomic E-state index is -0.825. The highest BCUT2D eigenvalue weighted by Crippen LogP contribution is 2.47. The van der Waals surface area contributed by atoms with Crippen molar-refractivity contribution >= 4 is 23.2 Å². The largest absolute Gasteiger partial charge is 0.369 e. The summed E-state index contributed by atoms with van der Waals surface area (Å²) >= 11 is 1.58. The molecule has 0 spiro atoms. The van der Waals surface area contributed by atoms with Crippen LogP contribution in [0.5, 0.6) is 0 Å². The van der Waals surface area contributed by atoms with Crippen molar-refractivity contribution in [2.24, 2.45) is 10.7 Å². The molecule has 0 saturated heterocycles. The normalized spacial score (nSPS) is 20.5. The number of pyridine rings is 1. The van der Waals surface area contributed by atoms with E-state index in [9.17, 15) is 4.79 Å². The Morgan fingerprint density at radius 3 is 2.47 bits per heavy atom. The summed E-state index contributed by atoms with van der Waals surface area (Å²) in [6.07, 6.45) is 3.58. The molecule has 1 amide bonds. The second-order valence-electron chi connectivity index (χ2n) is 9.86. The maximum Gasteiger partial charge on any atom is 0.239 e. The number of hydrogen-bond donors (Lipinski definition) is 1. The Morgan fingerprint density at radius 2 is 1.82 bits per heavy atom. The second kappa shape index (κ2) is 8.73. The van der Waals surface area contributed by atoms with Gasteiger partial charge in [0.2, 0.25) is 5.91 Å². The van der Waals surface area contributed by atoms with Crippen LogP contribution in [0.15, 0.2) is 59.2 Å². The van der Waals surface area contributed by atoms with Crippen molar-refractivity contribution < 1.29 is 4.79 Å². The summed E-state index contributed by atoms with van der Waals surface area (Å²) in [6.45, 7) is 10.4. The molecule has 2 aromatic heterocycles. The van der Waals surface area contributed by atoms with E-state index in [-0.39, 0.29) is 17.3 Å². The summed E-state index contributed by atoms with van der Waals surface area (Å²) in [7, 11) is 1.68. The predicted octanol–water partition coefficient (Wildman–Crippen LogP) is 5.26. The lowest BCUT2D eigenvalue weighted by Crippen LogP contribution is -2.52. The second-order valence-corrected chi connectivity index (χ2v) is 10.8. The molecule has 1 aromatic carbocycles. The monoisotopic (exact) mass is 470 g/mol. The van der Waals surface area contributed by atoms with E-state index in [1.807, 2.05) is 26.1 Å². The molecular formula is C28H30N4OS. The molecule has 174 valence electrons. The molecule has 0 aliphatic carbocycles. The standard InChI is InChI=1S/C28H30N4OS/c1-7-8-18-13-20(16-30-15-18)21-14-23(34-17-21)28(5)24(25(33)32(6)26(29)31-28)19-9-11-22(12-10-19)27(2,3)4/h9-17,24H,1-6H3,(H2,29,31)/t24-,28+/m0/s1. The van der Waals surface area contributed by atoms with Gasteiger partial charge in [0.15, 0.2) is 5.96 Å². The van der Waals surface area contributed by atoms with Gasteiger partial charge in [-0.3, -0.25) is 14.7 Å². The number of amides is 1. The van der Waals surface area contributed by atoms with Crippen LogP contribution in [0.2, 0.25) is 0 Å². The van der Waals surface area contributed by atoms with Crippen molar-refractivity contribution in [1.29, 1.82) is 0 Å². The van der Waals surface area contributed by atoms with E-state index >= 15 is 0 Å². The summed E-state index contributed by atoms with van der Waals surface area (Å²) in [5.41, 5.74) is 10.4. The number of carbonyl (C=O) groups is 1. The fourth-order valence-corrected chi connectivity index (χ4v) is 5.38. The van der Waals surface area contributed by atoms with Crippen molar-refractivity contribution in [2.45, 2.75) is 51.5 Å². The van der Waals surface area contributed by atoms with Crippen molar-refractivity contribution in [3.8, 4) is 23.0 Å². The Bertz CT molecular complexity index is 1320. The van der Waals surface area contributed by atoms with Gasteiger partial charge < -0.3 is 5.73 Å². The van der Waals surface area contributed by atoms with Crippen LogP contribution >= 0.6 is 11.3 Å². The Hall–Kier alpha value is -3.43. The lowest BCUT2D eigenvalue weighted by Gasteiger charge is -2.40. The molecule has 0 saturated carbocycles. The Labute approximate surface area is 205 Å². The molecule has 0 unspecified atom stereocenters. The molecule has 1 aliphatic rings. The SMILES string of the molecule is CC#Cc1cncc(-c2csc([C@@]3(C)N=C(N)N(C)C(=O)[C@@H]3c3ccc(C(C)(C)C)cc3)c2)c1. The van der Waals surface area contributed by atoms with Gasteiger partial charge in [0.05, 0.1) is 5.92 Å². The number of aliphatic imine (C=N–C) groups is 1. The maximum atomic E-state index is 13.5. The summed E-state index contributed by atoms with van der Waals surface area (Å²) in [5, 5.41) is 2.08. The maximum absolute atomic E-state index is 13.5. The molecule has 4 rings (SSSR count). The third-order valence-electron chi connectivity index (χ3n) is 6.38. The van der Waals surface area contributed by atoms with E-state index in [4.69, 9.17) is 10.7 Å². The number of hydrogen-bond acceptors (Lipinski definition) is 5. The average Bonchev–Trinajstić information content (AvgIpc) is 3.29. The van der Waals surface area contributed by atoms with E-state index in [2.05, 4.69) is 73.3 Å². The number of nitrogens with zero attached hydrogens (tertiary/aromatic N) is 3. The first kappa shape index (κ1) is 23.7. The summed E-state index contributed by atoms with van der Waals surface area (Å²) in [5.74, 6) is 5.66. The number of carbonyl (C=O) groups excluding carboxylic acids is 1. The average molecular weight is 471 g/mol. The number of nitrogens with two attached hydrogens (primary N) is 1. The van der Waals surface area contributed by atoms with Crippen LogP contribution in [0, 0.1) is 11.8 Å². The summed E-state index contributed by atoms with van der Waals surface area (Å²) in [6, 6.07) is 12.4. The van der Waals surface area contributed by atoms with E-state index < -0.39 is 11.5 Å². The van der Waals surface area contributed by atoms with Gasteiger partial charge in [0.25, 0.3) is 0 Å². The molecule has 3 aromatic rings. The molecule has 34 heavy (non-hydrogen) atoms. The lowest BCUT2D eigenvalue weighted by atomic mass is 9.76. The molecule has 6 heteroatoms. The highest BCUT2D eigenvalue weighted by molar-refractivity contribution is 7.10. The number of rotatable bonds is 3. The van der Waals surface area contributed by atoms with Gasteiger partial charge in [0.1, 0.15) is 5.54 Å². The zero-order valence-corrected chi connectivity index (χ0v) is 21.3. The summed E-state index contributed by atoms with van der Waals surface area (Å²) in [4.78, 5) is 25.2. The van der Waals surface area contributed by atoms with Gasteiger partial charge in [-0.05, 0) is 53.5 Å². The first-order valence-corrected chi connectivity index (χ1v) is 12.1. The van der Waals surface area contributed by atoms with Crippen molar-refractivity contribution in [3.05, 3.63) is 75.7 Å². The Kier molecular flexibility index (Phi) is 6.09. The van der Waals surface area contributed by atoms with Crippen LogP contribution in [0.25, 0.3) is 11.1 Å². The fourth-order valence-electron chi connectivity index (χ4n) is 4.33. The topological polar surface area (TPSA) is 71.6 Å². The Morgan fingerprint density at radius 1 is 1.12 bits per heavy atom. The van der Waals surface area contributed by atoms with Crippen LogP contribution in [-0.4, -0.2) is 28.8 Å². The number of benzene rings is 1. The molecule has 0 fully saturated rings. The van der Waals surface area contributed by atoms with Crippen LogP contribution in [0.3, 0.4) is 0 Å². The quantitative estimate of drug-likeness (QED) is 0.531. The fraction of sp³-hybridized carbons (Fsp3) is 0.321. The zero-order chi connectivity index (χ0) is 24.7. The third kappa shape index (κ3) is 4.24. The van der Waals surface area contributed by atoms with Crippen LogP contribution in [0.1, 0.15) is 62.1 Å². The number of aromatic nitrogens is 1. The van der Waals surface area contributed by atoms with E-state index in [0.717, 1.165) is 27.1 Å². The van der Waals surface area contributed by atoms with Crippen LogP contribution in [-0.2, 0) is 15.7 Å². The van der Waals surface area contributed by atoms with Gasteiger partial charge in [-0.1, -0.05) is 51.0 Å². The van der Waals surface area contributed by atoms with E-state index in [1.54, 1.807) is 24.6 Å². The van der Waals surface area contributed by atoms with Gasteiger partial charge in [-0.25, -0.2) is 4.99 Å². The van der Waals surface area contributed by atoms with Crippen molar-refractivity contribution in [1.82, 2.24) is 9.88 Å². The summed E-state index contributed by atoms with van der Waals surface area (Å²) < 4.78 is 0. The molecule has 0 bridgehead atoms. The van der Waals surface area contributed by atoms with Gasteiger partial charge in [-0.15, -0.1) is 17.3 Å². The van der Waals surface area contributed by atoms with Gasteiger partial charge in [-0.2, -0.15) is 0 Å². The molecule has 1 aliphatic heterocycles. The zero-order valence-electron chi connectivity index (χ0n) is 20.5. The number of likely N-dealkylation sites (N-methyl/N-ethyl adjacent to an activating group) is 1. The molecular weight excluding hydrogens is 440 g/mol. The minimum absolute atomic E-state index is 0.0329. The van der Waals surface area contributed by atoms with Crippen LogP contribution < -0.4 is 5.73 Å². The van der Waals surface area contributed by atoms with Crippen molar-refractivity contribution in [2.75, 3.05) is 7.05 Å².